The fourth-order valence-electron chi connectivity index (χ4n) is 9.17. The number of aliphatic hydroxyl groups excluding tert-OH is 5. The second-order valence-electron chi connectivity index (χ2n) is 20.7. The molecule has 11 nitrogen and oxygen atoms in total. The van der Waals surface area contributed by atoms with Crippen LogP contribution in [0.3, 0.4) is 0 Å². The van der Waals surface area contributed by atoms with Gasteiger partial charge in [-0.05, 0) is 77.0 Å². The number of amides is 1. The topological polar surface area (TPSA) is 175 Å². The highest BCUT2D eigenvalue weighted by Crippen LogP contribution is 2.23. The van der Waals surface area contributed by atoms with Crippen LogP contribution in [0.15, 0.2) is 36.5 Å². The van der Waals surface area contributed by atoms with E-state index >= 15 is 0 Å². The summed E-state index contributed by atoms with van der Waals surface area (Å²) in [6.45, 7) is 4.27. The summed E-state index contributed by atoms with van der Waals surface area (Å²) < 4.78 is 16.7. The van der Waals surface area contributed by atoms with Crippen LogP contribution < -0.4 is 5.32 Å². The molecule has 1 rings (SSSR count). The van der Waals surface area contributed by atoms with Gasteiger partial charge in [0, 0.05) is 12.8 Å². The summed E-state index contributed by atoms with van der Waals surface area (Å²) in [5.74, 6) is -0.202. The van der Waals surface area contributed by atoms with Gasteiger partial charge >= 0.3 is 5.97 Å². The number of esters is 1. The van der Waals surface area contributed by atoms with E-state index in [0.717, 1.165) is 77.0 Å². The first kappa shape index (κ1) is 66.9. The van der Waals surface area contributed by atoms with Gasteiger partial charge in [0.05, 0.1) is 32.0 Å². The maximum absolute atomic E-state index is 13.0. The molecule has 0 saturated carbocycles. The van der Waals surface area contributed by atoms with Gasteiger partial charge in [0.25, 0.3) is 0 Å². The van der Waals surface area contributed by atoms with Gasteiger partial charge in [-0.15, -0.1) is 0 Å². The summed E-state index contributed by atoms with van der Waals surface area (Å²) in [5, 5.41) is 54.2. The number of carbonyl (C=O) groups excluding carboxylic acids is 2. The second kappa shape index (κ2) is 50.1. The third-order valence-corrected chi connectivity index (χ3v) is 14.0. The van der Waals surface area contributed by atoms with Crippen molar-refractivity contribution in [2.75, 3.05) is 19.8 Å². The van der Waals surface area contributed by atoms with Gasteiger partial charge < -0.3 is 45.1 Å². The zero-order valence-electron chi connectivity index (χ0n) is 45.7. The molecule has 1 aliphatic heterocycles. The molecule has 0 spiro atoms. The number of hydrogen-bond acceptors (Lipinski definition) is 10. The Kier molecular flexibility index (Phi) is 47.2. The normalized spacial score (nSPS) is 19.3. The minimum Gasteiger partial charge on any atom is -0.466 e. The van der Waals surface area contributed by atoms with Gasteiger partial charge in [-0.1, -0.05) is 217 Å². The van der Waals surface area contributed by atoms with Crippen molar-refractivity contribution in [2.45, 2.75) is 314 Å². The number of unbranched alkanes of at least 4 members (excludes halogenated alkanes) is 33. The maximum atomic E-state index is 13.0. The van der Waals surface area contributed by atoms with Gasteiger partial charge in [0.1, 0.15) is 24.4 Å². The summed E-state index contributed by atoms with van der Waals surface area (Å²) in [6.07, 6.45) is 51.1. The third kappa shape index (κ3) is 39.9. The van der Waals surface area contributed by atoms with E-state index in [1.807, 2.05) is 6.08 Å². The lowest BCUT2D eigenvalue weighted by Crippen LogP contribution is -2.60. The van der Waals surface area contributed by atoms with Crippen molar-refractivity contribution in [1.82, 2.24) is 5.32 Å². The maximum Gasteiger partial charge on any atom is 0.305 e. The lowest BCUT2D eigenvalue weighted by Gasteiger charge is -2.40. The van der Waals surface area contributed by atoms with Crippen molar-refractivity contribution < 1.29 is 49.3 Å². The molecule has 1 heterocycles. The van der Waals surface area contributed by atoms with Crippen LogP contribution in [-0.4, -0.2) is 100 Å². The average Bonchev–Trinajstić information content (AvgIpc) is 3.37. The van der Waals surface area contributed by atoms with Crippen LogP contribution in [0, 0.1) is 0 Å². The predicted octanol–water partition coefficient (Wildman–Crippen LogP) is 13.5. The predicted molar refractivity (Wildman–Crippen MR) is 292 cm³/mol. The lowest BCUT2D eigenvalue weighted by atomic mass is 9.99. The molecule has 0 aromatic rings. The van der Waals surface area contributed by atoms with Gasteiger partial charge in [-0.25, -0.2) is 0 Å². The smallest absolute Gasteiger partial charge is 0.305 e. The molecule has 416 valence electrons. The first-order valence-electron chi connectivity index (χ1n) is 29.8. The molecule has 1 aliphatic rings. The van der Waals surface area contributed by atoms with Gasteiger partial charge in [-0.2, -0.15) is 0 Å². The number of ether oxygens (including phenoxy) is 3. The molecule has 0 aromatic carbocycles. The van der Waals surface area contributed by atoms with E-state index in [9.17, 15) is 35.1 Å². The van der Waals surface area contributed by atoms with Crippen LogP contribution >= 0.6 is 0 Å². The number of allylic oxidation sites excluding steroid dienone is 5. The van der Waals surface area contributed by atoms with E-state index in [1.54, 1.807) is 6.08 Å². The van der Waals surface area contributed by atoms with Crippen molar-refractivity contribution in [1.29, 1.82) is 0 Å². The minimum atomic E-state index is -1.57. The van der Waals surface area contributed by atoms with Crippen LogP contribution in [-0.2, 0) is 23.8 Å². The van der Waals surface area contributed by atoms with Crippen molar-refractivity contribution in [3.63, 3.8) is 0 Å². The molecule has 0 bridgehead atoms. The minimum absolute atomic E-state index is 0.0118. The largest absolute Gasteiger partial charge is 0.466 e. The summed E-state index contributed by atoms with van der Waals surface area (Å²) in [7, 11) is 0. The third-order valence-electron chi connectivity index (χ3n) is 14.0. The standard InChI is InChI=1S/C60H111NO10/c1-3-5-7-9-11-13-27-32-36-40-44-48-56(65)69-49-45-41-37-33-29-26-24-22-20-18-16-14-15-17-19-21-23-25-28-31-35-39-43-47-55(64)61-52(53(63)46-42-38-34-30-12-10-8-6-4-2)51-70-60-59(68)58(67)57(66)54(50-62)71-60/h9,11,17,19,42,46,52-54,57-60,62-63,66-68H,3-8,10,12-16,18,20-41,43-45,47-51H2,1-2H3,(H,61,64)/b11-9-,19-17-,46-42+. The Morgan fingerprint density at radius 3 is 1.39 bits per heavy atom. The summed E-state index contributed by atoms with van der Waals surface area (Å²) in [5.41, 5.74) is 0. The van der Waals surface area contributed by atoms with Crippen molar-refractivity contribution in [3.05, 3.63) is 36.5 Å². The van der Waals surface area contributed by atoms with Crippen molar-refractivity contribution in [2.24, 2.45) is 0 Å². The highest BCUT2D eigenvalue weighted by molar-refractivity contribution is 5.76. The zero-order valence-corrected chi connectivity index (χ0v) is 45.7. The quantitative estimate of drug-likeness (QED) is 0.0195. The molecule has 0 radical (unpaired) electrons. The molecular formula is C60H111NO10. The van der Waals surface area contributed by atoms with Crippen LogP contribution in [0.5, 0.6) is 0 Å². The molecule has 0 aliphatic carbocycles. The molecule has 7 unspecified atom stereocenters. The molecule has 1 fully saturated rings. The fraction of sp³-hybridized carbons (Fsp3) is 0.867. The number of nitrogens with one attached hydrogen (secondary N) is 1. The van der Waals surface area contributed by atoms with E-state index in [1.165, 1.54) is 167 Å². The second-order valence-corrected chi connectivity index (χ2v) is 20.7. The Bertz CT molecular complexity index is 1280. The molecule has 7 atom stereocenters. The zero-order chi connectivity index (χ0) is 51.7. The molecular weight excluding hydrogens is 895 g/mol. The van der Waals surface area contributed by atoms with Crippen LogP contribution in [0.1, 0.15) is 271 Å². The molecule has 1 saturated heterocycles. The Balaban J connectivity index is 2.02. The van der Waals surface area contributed by atoms with E-state index in [-0.39, 0.29) is 18.5 Å². The van der Waals surface area contributed by atoms with E-state index in [2.05, 4.69) is 43.5 Å². The number of rotatable bonds is 51. The lowest BCUT2D eigenvalue weighted by molar-refractivity contribution is -0.302. The number of carbonyl (C=O) groups is 2. The van der Waals surface area contributed by atoms with Gasteiger partial charge in [0.15, 0.2) is 6.29 Å². The Hall–Kier alpha value is -2.12. The number of hydrogen-bond donors (Lipinski definition) is 6. The Morgan fingerprint density at radius 2 is 0.915 bits per heavy atom. The molecule has 1 amide bonds. The highest BCUT2D eigenvalue weighted by Gasteiger charge is 2.44. The molecule has 6 N–H and O–H groups in total. The van der Waals surface area contributed by atoms with Crippen LogP contribution in [0.4, 0.5) is 0 Å². The summed E-state index contributed by atoms with van der Waals surface area (Å²) in [6, 6.07) is -0.813. The summed E-state index contributed by atoms with van der Waals surface area (Å²) in [4.78, 5) is 25.0. The molecule has 0 aromatic heterocycles. The SMILES string of the molecule is CCCC/C=C\CCCCCCCC(=O)OCCCCCCCCCCCCCC/C=C\CCCCCCCCCC(=O)NC(COC1OC(CO)C(O)C(O)C1O)C(O)/C=C/CCCCCCCCC. The molecule has 11 heteroatoms. The average molecular weight is 1010 g/mol. The first-order chi connectivity index (χ1) is 34.7. The van der Waals surface area contributed by atoms with Crippen molar-refractivity contribution in [3.8, 4) is 0 Å². The van der Waals surface area contributed by atoms with E-state index in [0.29, 0.717) is 19.4 Å². The molecule has 71 heavy (non-hydrogen) atoms. The fourth-order valence-corrected chi connectivity index (χ4v) is 9.17. The van der Waals surface area contributed by atoms with E-state index < -0.39 is 49.5 Å². The highest BCUT2D eigenvalue weighted by atomic mass is 16.7. The van der Waals surface area contributed by atoms with E-state index in [4.69, 9.17) is 14.2 Å². The van der Waals surface area contributed by atoms with Crippen molar-refractivity contribution >= 4 is 11.9 Å². The monoisotopic (exact) mass is 1010 g/mol. The van der Waals surface area contributed by atoms with Crippen LogP contribution in [0.2, 0.25) is 0 Å². The van der Waals surface area contributed by atoms with Gasteiger partial charge in [0.2, 0.25) is 5.91 Å². The summed E-state index contributed by atoms with van der Waals surface area (Å²) >= 11 is 0. The van der Waals surface area contributed by atoms with Crippen LogP contribution in [0.25, 0.3) is 0 Å². The first-order valence-corrected chi connectivity index (χ1v) is 29.8. The van der Waals surface area contributed by atoms with Gasteiger partial charge in [-0.3, -0.25) is 9.59 Å². The number of aliphatic hydroxyl groups is 5. The Labute approximate surface area is 434 Å². The Morgan fingerprint density at radius 1 is 0.507 bits per heavy atom.